The first kappa shape index (κ1) is 15.4. The third kappa shape index (κ3) is 4.26. The van der Waals surface area contributed by atoms with Crippen molar-refractivity contribution in [1.29, 1.82) is 0 Å². The van der Waals surface area contributed by atoms with Crippen LogP contribution in [-0.4, -0.2) is 12.5 Å². The summed E-state index contributed by atoms with van der Waals surface area (Å²) in [7, 11) is 0. The summed E-state index contributed by atoms with van der Waals surface area (Å²) in [4.78, 5) is 11.7. The molecule has 2 aromatic rings. The van der Waals surface area contributed by atoms with Gasteiger partial charge < -0.3 is 10.1 Å². The number of nitrogens with one attached hydrogen (secondary N) is 1. The molecule has 0 spiro atoms. The minimum absolute atomic E-state index is 0.0435. The topological polar surface area (TPSA) is 38.3 Å². The Hall–Kier alpha value is -1.95. The van der Waals surface area contributed by atoms with Crippen LogP contribution in [0.3, 0.4) is 0 Å². The van der Waals surface area contributed by atoms with E-state index in [1.54, 1.807) is 19.1 Å². The zero-order valence-corrected chi connectivity index (χ0v) is 12.7. The van der Waals surface area contributed by atoms with Crippen LogP contribution >= 0.6 is 15.9 Å². The highest BCUT2D eigenvalue weighted by atomic mass is 79.9. The number of benzene rings is 2. The summed E-state index contributed by atoms with van der Waals surface area (Å²) < 4.78 is 32.6. The van der Waals surface area contributed by atoms with Crippen LogP contribution in [0.2, 0.25) is 0 Å². The molecular weight excluding hydrogens is 344 g/mol. The fourth-order valence-electron chi connectivity index (χ4n) is 1.66. The first-order valence-corrected chi connectivity index (χ1v) is 6.89. The van der Waals surface area contributed by atoms with Gasteiger partial charge in [-0.2, -0.15) is 0 Å². The number of hydrogen-bond donors (Lipinski definition) is 1. The van der Waals surface area contributed by atoms with E-state index < -0.39 is 24.1 Å². The molecule has 0 radical (unpaired) electrons. The first-order valence-electron chi connectivity index (χ1n) is 6.09. The van der Waals surface area contributed by atoms with Gasteiger partial charge in [-0.3, -0.25) is 4.79 Å². The molecule has 0 saturated carbocycles. The normalized spacial score (nSPS) is 10.3. The molecule has 0 aliphatic carbocycles. The molecule has 0 saturated heterocycles. The Balaban J connectivity index is 1.97. The van der Waals surface area contributed by atoms with Crippen molar-refractivity contribution in [3.63, 3.8) is 0 Å². The quantitative estimate of drug-likeness (QED) is 0.898. The van der Waals surface area contributed by atoms with Gasteiger partial charge in [-0.05, 0) is 42.8 Å². The Morgan fingerprint density at radius 3 is 2.67 bits per heavy atom. The van der Waals surface area contributed by atoms with Crippen LogP contribution < -0.4 is 10.1 Å². The minimum atomic E-state index is -0.584. The predicted octanol–water partition coefficient (Wildman–Crippen LogP) is 4.05. The van der Waals surface area contributed by atoms with E-state index in [4.69, 9.17) is 4.74 Å². The van der Waals surface area contributed by atoms with Crippen molar-refractivity contribution in [1.82, 2.24) is 0 Å². The molecule has 2 aromatic carbocycles. The number of carbonyl (C=O) groups excluding carboxylic acids is 1. The van der Waals surface area contributed by atoms with E-state index in [0.717, 1.165) is 5.56 Å². The maximum absolute atomic E-state index is 13.5. The highest BCUT2D eigenvalue weighted by Crippen LogP contribution is 2.21. The first-order chi connectivity index (χ1) is 9.95. The molecule has 1 N–H and O–H groups in total. The van der Waals surface area contributed by atoms with E-state index in [9.17, 15) is 13.6 Å². The third-order valence-corrected chi connectivity index (χ3v) is 3.14. The van der Waals surface area contributed by atoms with Crippen molar-refractivity contribution in [2.45, 2.75) is 6.92 Å². The lowest BCUT2D eigenvalue weighted by Crippen LogP contribution is -2.21. The number of hydrogen-bond acceptors (Lipinski definition) is 2. The van der Waals surface area contributed by atoms with Gasteiger partial charge in [0.15, 0.2) is 18.2 Å². The molecular formula is C15H12BrF2NO2. The van der Waals surface area contributed by atoms with Crippen LogP contribution in [0.25, 0.3) is 0 Å². The summed E-state index contributed by atoms with van der Waals surface area (Å²) >= 11 is 3.12. The molecule has 21 heavy (non-hydrogen) atoms. The van der Waals surface area contributed by atoms with E-state index in [-0.39, 0.29) is 11.4 Å². The maximum atomic E-state index is 13.5. The van der Waals surface area contributed by atoms with Crippen LogP contribution in [0.15, 0.2) is 40.9 Å². The Morgan fingerprint density at radius 2 is 1.95 bits per heavy atom. The molecule has 3 nitrogen and oxygen atoms in total. The van der Waals surface area contributed by atoms with Gasteiger partial charge in [0.2, 0.25) is 0 Å². The number of halogens is 3. The van der Waals surface area contributed by atoms with Crippen molar-refractivity contribution in [3.8, 4) is 5.75 Å². The smallest absolute Gasteiger partial charge is 0.262 e. The summed E-state index contributed by atoms with van der Waals surface area (Å²) in [6.45, 7) is 1.37. The highest BCUT2D eigenvalue weighted by Gasteiger charge is 2.10. The van der Waals surface area contributed by atoms with Gasteiger partial charge in [-0.25, -0.2) is 8.78 Å². The molecule has 0 bridgehead atoms. The van der Waals surface area contributed by atoms with Gasteiger partial charge in [0.25, 0.3) is 5.91 Å². The second-order valence-corrected chi connectivity index (χ2v) is 5.31. The lowest BCUT2D eigenvalue weighted by molar-refractivity contribution is -0.118. The summed E-state index contributed by atoms with van der Waals surface area (Å²) in [5.41, 5.74) is 0.881. The maximum Gasteiger partial charge on any atom is 0.262 e. The number of aryl methyl sites for hydroxylation is 1. The molecule has 110 valence electrons. The van der Waals surface area contributed by atoms with Crippen molar-refractivity contribution < 1.29 is 18.3 Å². The molecule has 6 heteroatoms. The SMILES string of the molecule is Cc1ccc(F)c(NC(=O)COc2ccc(Br)cc2F)c1. The number of ether oxygens (including phenoxy) is 1. The van der Waals surface area contributed by atoms with Gasteiger partial charge in [-0.1, -0.05) is 22.0 Å². The van der Waals surface area contributed by atoms with Crippen LogP contribution in [0.5, 0.6) is 5.75 Å². The molecule has 0 unspecified atom stereocenters. The fourth-order valence-corrected chi connectivity index (χ4v) is 1.99. The summed E-state index contributed by atoms with van der Waals surface area (Å²) in [6.07, 6.45) is 0. The Morgan fingerprint density at radius 1 is 1.19 bits per heavy atom. The molecule has 0 aliphatic heterocycles. The molecule has 0 aliphatic rings. The number of carbonyl (C=O) groups is 1. The standard InChI is InChI=1S/C15H12BrF2NO2/c1-9-2-4-11(17)13(6-9)19-15(20)8-21-14-5-3-10(16)7-12(14)18/h2-7H,8H2,1H3,(H,19,20). The van der Waals surface area contributed by atoms with Crippen molar-refractivity contribution in [2.75, 3.05) is 11.9 Å². The van der Waals surface area contributed by atoms with Crippen molar-refractivity contribution >= 4 is 27.5 Å². The molecule has 0 aromatic heterocycles. The van der Waals surface area contributed by atoms with E-state index in [1.807, 2.05) is 0 Å². The van der Waals surface area contributed by atoms with Gasteiger partial charge in [0.1, 0.15) is 5.82 Å². The zero-order valence-electron chi connectivity index (χ0n) is 11.1. The number of anilines is 1. The van der Waals surface area contributed by atoms with Crippen LogP contribution in [0, 0.1) is 18.6 Å². The van der Waals surface area contributed by atoms with Crippen LogP contribution in [0.4, 0.5) is 14.5 Å². The molecule has 0 fully saturated rings. The summed E-state index contributed by atoms with van der Waals surface area (Å²) in [6, 6.07) is 8.59. The van der Waals surface area contributed by atoms with Gasteiger partial charge in [0.05, 0.1) is 5.69 Å². The second-order valence-electron chi connectivity index (χ2n) is 4.39. The van der Waals surface area contributed by atoms with Crippen molar-refractivity contribution in [3.05, 3.63) is 58.1 Å². The average molecular weight is 356 g/mol. The predicted molar refractivity (Wildman–Crippen MR) is 79.4 cm³/mol. The van der Waals surface area contributed by atoms with Crippen LogP contribution in [0.1, 0.15) is 5.56 Å². The summed E-state index contributed by atoms with van der Waals surface area (Å²) in [5, 5.41) is 2.38. The molecule has 2 rings (SSSR count). The molecule has 0 atom stereocenters. The minimum Gasteiger partial charge on any atom is -0.481 e. The van der Waals surface area contributed by atoms with Gasteiger partial charge >= 0.3 is 0 Å². The third-order valence-electron chi connectivity index (χ3n) is 2.65. The fraction of sp³-hybridized carbons (Fsp3) is 0.133. The second kappa shape index (κ2) is 6.67. The van der Waals surface area contributed by atoms with E-state index >= 15 is 0 Å². The largest absolute Gasteiger partial charge is 0.481 e. The summed E-state index contributed by atoms with van der Waals surface area (Å²) in [5.74, 6) is -1.73. The van der Waals surface area contributed by atoms with Crippen molar-refractivity contribution in [2.24, 2.45) is 0 Å². The molecule has 0 heterocycles. The van der Waals surface area contributed by atoms with E-state index in [1.165, 1.54) is 24.3 Å². The number of amides is 1. The van der Waals surface area contributed by atoms with Gasteiger partial charge in [-0.15, -0.1) is 0 Å². The molecule has 1 amide bonds. The van der Waals surface area contributed by atoms with E-state index in [2.05, 4.69) is 21.2 Å². The van der Waals surface area contributed by atoms with E-state index in [0.29, 0.717) is 4.47 Å². The lowest BCUT2D eigenvalue weighted by atomic mass is 10.2. The monoisotopic (exact) mass is 355 g/mol. The Bertz CT molecular complexity index is 677. The van der Waals surface area contributed by atoms with Gasteiger partial charge in [0, 0.05) is 4.47 Å². The average Bonchev–Trinajstić information content (AvgIpc) is 2.42. The lowest BCUT2D eigenvalue weighted by Gasteiger charge is -2.09. The number of rotatable bonds is 4. The Kier molecular flexibility index (Phi) is 4.90. The highest BCUT2D eigenvalue weighted by molar-refractivity contribution is 9.10. The Labute approximate surface area is 129 Å². The van der Waals surface area contributed by atoms with Crippen LogP contribution in [-0.2, 0) is 4.79 Å². The zero-order chi connectivity index (χ0) is 15.4.